The highest BCUT2D eigenvalue weighted by Gasteiger charge is 2.38. The molecule has 1 aromatic heterocycles. The van der Waals surface area contributed by atoms with Crippen molar-refractivity contribution < 1.29 is 17.9 Å². The van der Waals surface area contributed by atoms with Gasteiger partial charge >= 0.3 is 11.4 Å². The second-order valence-electron chi connectivity index (χ2n) is 12.6. The van der Waals surface area contributed by atoms with Crippen LogP contribution < -0.4 is 11.4 Å². The van der Waals surface area contributed by atoms with Crippen LogP contribution in [0.15, 0.2) is 58.1 Å². The molecule has 0 radical (unpaired) electrons. The van der Waals surface area contributed by atoms with Crippen molar-refractivity contribution >= 4 is 16.4 Å². The lowest BCUT2D eigenvalue weighted by atomic mass is 10.1. The van der Waals surface area contributed by atoms with Crippen molar-refractivity contribution in [3.8, 4) is 5.69 Å². The number of halogens is 2. The fourth-order valence-corrected chi connectivity index (χ4v) is 5.58. The third-order valence-corrected chi connectivity index (χ3v) is 13.5. The van der Waals surface area contributed by atoms with Crippen molar-refractivity contribution in [2.75, 3.05) is 13.2 Å². The van der Waals surface area contributed by atoms with E-state index in [1.54, 1.807) is 24.3 Å². The van der Waals surface area contributed by atoms with Gasteiger partial charge in [-0.3, -0.25) is 0 Å². The molecular formula is C28H41F2N3O4Si2. The number of hydrogen-bond donors (Lipinski definition) is 0. The Morgan fingerprint density at radius 3 is 2.03 bits per heavy atom. The summed E-state index contributed by atoms with van der Waals surface area (Å²) < 4.78 is 44.5. The van der Waals surface area contributed by atoms with Gasteiger partial charge in [-0.05, 0) is 54.0 Å². The Hall–Kier alpha value is -2.61. The van der Waals surface area contributed by atoms with E-state index >= 15 is 0 Å². The SMILES string of the molecule is CC(C)(C)[Si](C)(C)OCC(c1cc(F)cc(F)c1)n1c(=O)n(COCC[Si](C)(C)C)n(-c2ccccc2)c1=O. The number of benzene rings is 2. The Morgan fingerprint density at radius 2 is 1.49 bits per heavy atom. The molecule has 0 fully saturated rings. The van der Waals surface area contributed by atoms with Crippen LogP contribution in [0, 0.1) is 11.6 Å². The molecule has 1 heterocycles. The first-order chi connectivity index (χ1) is 18.0. The van der Waals surface area contributed by atoms with Crippen LogP contribution in [0.4, 0.5) is 8.78 Å². The van der Waals surface area contributed by atoms with E-state index in [1.807, 2.05) is 19.2 Å². The van der Waals surface area contributed by atoms with E-state index in [0.29, 0.717) is 12.3 Å². The van der Waals surface area contributed by atoms with Crippen molar-refractivity contribution in [1.29, 1.82) is 0 Å². The van der Waals surface area contributed by atoms with E-state index in [1.165, 1.54) is 9.36 Å². The lowest BCUT2D eigenvalue weighted by Crippen LogP contribution is -2.44. The Morgan fingerprint density at radius 1 is 0.897 bits per heavy atom. The van der Waals surface area contributed by atoms with Crippen LogP contribution in [-0.2, 0) is 15.9 Å². The van der Waals surface area contributed by atoms with Crippen LogP contribution in [0.25, 0.3) is 5.69 Å². The molecule has 3 rings (SSSR count). The number of aromatic nitrogens is 3. The zero-order valence-corrected chi connectivity index (χ0v) is 26.3. The minimum Gasteiger partial charge on any atom is -0.414 e. The molecule has 0 saturated carbocycles. The van der Waals surface area contributed by atoms with E-state index in [-0.39, 0.29) is 23.9 Å². The minimum absolute atomic E-state index is 0.0934. The molecule has 11 heteroatoms. The molecule has 0 aliphatic heterocycles. The van der Waals surface area contributed by atoms with Gasteiger partial charge in [0.05, 0.1) is 18.3 Å². The van der Waals surface area contributed by atoms with E-state index in [2.05, 4.69) is 40.4 Å². The predicted octanol–water partition coefficient (Wildman–Crippen LogP) is 6.00. The summed E-state index contributed by atoms with van der Waals surface area (Å²) in [7, 11) is -3.73. The van der Waals surface area contributed by atoms with Crippen LogP contribution in [-0.4, -0.2) is 43.5 Å². The summed E-state index contributed by atoms with van der Waals surface area (Å²) in [6.45, 7) is 17.2. The van der Waals surface area contributed by atoms with Crippen LogP contribution in [0.1, 0.15) is 32.4 Å². The average molecular weight is 578 g/mol. The number of para-hydroxylation sites is 1. The molecule has 214 valence electrons. The zero-order valence-electron chi connectivity index (χ0n) is 24.3. The van der Waals surface area contributed by atoms with E-state index in [4.69, 9.17) is 9.16 Å². The van der Waals surface area contributed by atoms with Gasteiger partial charge in [-0.25, -0.2) is 27.6 Å². The zero-order chi connectivity index (χ0) is 29.2. The van der Waals surface area contributed by atoms with E-state index in [9.17, 15) is 18.4 Å². The molecule has 39 heavy (non-hydrogen) atoms. The van der Waals surface area contributed by atoms with Crippen LogP contribution in [0.5, 0.6) is 0 Å². The Kier molecular flexibility index (Phi) is 9.41. The summed E-state index contributed by atoms with van der Waals surface area (Å²) in [6, 6.07) is 11.7. The Labute approximate surface area is 231 Å². The van der Waals surface area contributed by atoms with Crippen molar-refractivity contribution in [3.05, 3.63) is 86.7 Å². The van der Waals surface area contributed by atoms with Gasteiger partial charge in [0.25, 0.3) is 0 Å². The van der Waals surface area contributed by atoms with Crippen molar-refractivity contribution in [1.82, 2.24) is 13.9 Å². The highest BCUT2D eigenvalue weighted by Crippen LogP contribution is 2.37. The maximum absolute atomic E-state index is 14.4. The van der Waals surface area contributed by atoms with Gasteiger partial charge in [-0.15, -0.1) is 0 Å². The topological polar surface area (TPSA) is 67.4 Å². The van der Waals surface area contributed by atoms with Crippen molar-refractivity contribution in [2.24, 2.45) is 0 Å². The Balaban J connectivity index is 2.17. The smallest absolute Gasteiger partial charge is 0.352 e. The molecule has 0 aliphatic carbocycles. The lowest BCUT2D eigenvalue weighted by molar-refractivity contribution is 0.0702. The molecule has 7 nitrogen and oxygen atoms in total. The summed E-state index contributed by atoms with van der Waals surface area (Å²) in [5.41, 5.74) is -0.678. The van der Waals surface area contributed by atoms with Crippen molar-refractivity contribution in [2.45, 2.75) is 77.4 Å². The normalized spacial score (nSPS) is 13.6. The fraction of sp³-hybridized carbons (Fsp3) is 0.500. The van der Waals surface area contributed by atoms with Gasteiger partial charge in [0.2, 0.25) is 0 Å². The number of rotatable bonds is 11. The molecule has 2 aromatic carbocycles. The Bertz CT molecular complexity index is 1370. The maximum Gasteiger partial charge on any atom is 0.352 e. The quantitative estimate of drug-likeness (QED) is 0.207. The van der Waals surface area contributed by atoms with Crippen LogP contribution in [0.2, 0.25) is 43.8 Å². The highest BCUT2D eigenvalue weighted by molar-refractivity contribution is 6.76. The molecule has 3 aromatic rings. The summed E-state index contributed by atoms with van der Waals surface area (Å²) in [5, 5.41) is -0.157. The van der Waals surface area contributed by atoms with Gasteiger partial charge in [-0.1, -0.05) is 58.6 Å². The molecule has 0 aliphatic rings. The summed E-state index contributed by atoms with van der Waals surface area (Å²) >= 11 is 0. The average Bonchev–Trinajstić information content (AvgIpc) is 3.05. The first kappa shape index (κ1) is 30.9. The molecule has 0 bridgehead atoms. The molecule has 1 atom stereocenters. The first-order valence-electron chi connectivity index (χ1n) is 13.2. The molecule has 0 spiro atoms. The van der Waals surface area contributed by atoms with Crippen molar-refractivity contribution in [3.63, 3.8) is 0 Å². The van der Waals surface area contributed by atoms with Gasteiger partial charge in [0.1, 0.15) is 18.4 Å². The van der Waals surface area contributed by atoms with Gasteiger partial charge in [0, 0.05) is 20.7 Å². The molecule has 0 saturated heterocycles. The van der Waals surface area contributed by atoms with E-state index < -0.39 is 45.4 Å². The predicted molar refractivity (Wildman–Crippen MR) is 156 cm³/mol. The molecular weight excluding hydrogens is 536 g/mol. The second kappa shape index (κ2) is 11.9. The lowest BCUT2D eigenvalue weighted by Gasteiger charge is -2.37. The summed E-state index contributed by atoms with van der Waals surface area (Å²) in [5.74, 6) is -1.60. The van der Waals surface area contributed by atoms with Gasteiger partial charge < -0.3 is 9.16 Å². The van der Waals surface area contributed by atoms with Gasteiger partial charge in [0.15, 0.2) is 8.32 Å². The van der Waals surface area contributed by atoms with Gasteiger partial charge in [-0.2, -0.15) is 4.68 Å². The molecule has 0 N–H and O–H groups in total. The highest BCUT2D eigenvalue weighted by atomic mass is 28.4. The molecule has 1 unspecified atom stereocenters. The van der Waals surface area contributed by atoms with Crippen LogP contribution >= 0.6 is 0 Å². The summed E-state index contributed by atoms with van der Waals surface area (Å²) in [4.78, 5) is 27.8. The fourth-order valence-electron chi connectivity index (χ4n) is 3.82. The minimum atomic E-state index is -2.35. The largest absolute Gasteiger partial charge is 0.414 e. The second-order valence-corrected chi connectivity index (χ2v) is 23.1. The monoisotopic (exact) mass is 577 g/mol. The third-order valence-electron chi connectivity index (χ3n) is 7.26. The molecule has 0 amide bonds. The van der Waals surface area contributed by atoms with Crippen LogP contribution in [0.3, 0.4) is 0 Å². The summed E-state index contributed by atoms with van der Waals surface area (Å²) in [6.07, 6.45) is 0. The van der Waals surface area contributed by atoms with E-state index in [0.717, 1.165) is 28.8 Å². The number of nitrogens with zero attached hydrogens (tertiary/aromatic N) is 3. The number of ether oxygens (including phenoxy) is 1. The number of hydrogen-bond acceptors (Lipinski definition) is 4. The maximum atomic E-state index is 14.4. The third kappa shape index (κ3) is 7.53. The standard InChI is InChI=1S/C28H41F2N3O4Si2/c1-28(2,3)39(7,8)37-19-25(21-16-22(29)18-23(30)17-21)32-26(34)31(20-36-14-15-38(4,5)6)33(27(32)35)24-12-10-9-11-13-24/h9-13,16-18,25H,14-15,19-20H2,1-8H3. The first-order valence-corrected chi connectivity index (χ1v) is 19.8.